The molecule has 13 heavy (non-hydrogen) atoms. The van der Waals surface area contributed by atoms with E-state index in [1.165, 1.54) is 0 Å². The molecule has 0 radical (unpaired) electrons. The van der Waals surface area contributed by atoms with Gasteiger partial charge in [0.25, 0.3) is 0 Å². The van der Waals surface area contributed by atoms with E-state index < -0.39 is 4.33 Å². The van der Waals surface area contributed by atoms with E-state index >= 15 is 0 Å². The molecule has 0 rings (SSSR count). The number of hydrogen-bond acceptors (Lipinski definition) is 0. The second-order valence-electron chi connectivity index (χ2n) is 5.60. The van der Waals surface area contributed by atoms with Gasteiger partial charge >= 0.3 is 0 Å². The van der Waals surface area contributed by atoms with Crippen LogP contribution in [0.2, 0.25) is 0 Å². The van der Waals surface area contributed by atoms with Crippen LogP contribution < -0.4 is 0 Å². The summed E-state index contributed by atoms with van der Waals surface area (Å²) < 4.78 is -0.910. The van der Waals surface area contributed by atoms with Crippen LogP contribution in [0.1, 0.15) is 41.5 Å². The first kappa shape index (κ1) is 13.9. The molecule has 1 atom stereocenters. The van der Waals surface area contributed by atoms with Gasteiger partial charge in [-0.2, -0.15) is 0 Å². The van der Waals surface area contributed by atoms with Gasteiger partial charge in [0.15, 0.2) is 0 Å². The van der Waals surface area contributed by atoms with Crippen molar-refractivity contribution in [3.05, 3.63) is 0 Å². The maximum atomic E-state index is 6.28. The minimum Gasteiger partial charge on any atom is -0.119 e. The van der Waals surface area contributed by atoms with Crippen LogP contribution in [0.4, 0.5) is 0 Å². The van der Waals surface area contributed by atoms with Crippen molar-refractivity contribution in [2.24, 2.45) is 10.8 Å². The van der Waals surface area contributed by atoms with Crippen LogP contribution in [-0.4, -0.2) is 9.71 Å². The molecule has 0 N–H and O–H groups in total. The van der Waals surface area contributed by atoms with Gasteiger partial charge in [-0.15, -0.1) is 11.6 Å². The monoisotopic (exact) mass is 244 g/mol. The van der Waals surface area contributed by atoms with E-state index in [9.17, 15) is 0 Å². The molecular weight excluding hydrogens is 226 g/mol. The van der Waals surface area contributed by atoms with Gasteiger partial charge in [0, 0.05) is 0 Å². The molecule has 3 heteroatoms. The van der Waals surface area contributed by atoms with Gasteiger partial charge in [-0.3, -0.25) is 0 Å². The van der Waals surface area contributed by atoms with Crippen molar-refractivity contribution in [2.45, 2.75) is 51.3 Å². The molecular formula is C10H19Cl3. The third kappa shape index (κ3) is 3.18. The van der Waals surface area contributed by atoms with E-state index in [0.717, 1.165) is 0 Å². The number of hydrogen-bond donors (Lipinski definition) is 0. The van der Waals surface area contributed by atoms with Crippen molar-refractivity contribution in [3.8, 4) is 0 Å². The molecule has 0 aromatic rings. The summed E-state index contributed by atoms with van der Waals surface area (Å²) in [6, 6.07) is 0. The molecule has 0 aliphatic heterocycles. The van der Waals surface area contributed by atoms with E-state index in [2.05, 4.69) is 0 Å². The maximum absolute atomic E-state index is 6.28. The van der Waals surface area contributed by atoms with Crippen molar-refractivity contribution in [3.63, 3.8) is 0 Å². The Bertz CT molecular complexity index is 172. The van der Waals surface area contributed by atoms with Crippen molar-refractivity contribution in [2.75, 3.05) is 0 Å². The minimum atomic E-state index is -0.910. The van der Waals surface area contributed by atoms with E-state index in [1.807, 2.05) is 41.5 Å². The van der Waals surface area contributed by atoms with Crippen LogP contribution in [0.25, 0.3) is 0 Å². The molecule has 0 fully saturated rings. The molecule has 0 bridgehead atoms. The predicted octanol–water partition coefficient (Wildman–Crippen LogP) is 4.86. The summed E-state index contributed by atoms with van der Waals surface area (Å²) in [5.41, 5.74) is -0.325. The average molecular weight is 246 g/mol. The van der Waals surface area contributed by atoms with Crippen LogP contribution in [0, 0.1) is 10.8 Å². The van der Waals surface area contributed by atoms with Gasteiger partial charge in [0.2, 0.25) is 0 Å². The first-order chi connectivity index (χ1) is 5.40. The molecule has 0 saturated heterocycles. The lowest BCUT2D eigenvalue weighted by Crippen LogP contribution is -2.46. The molecule has 0 aliphatic rings. The molecule has 0 aromatic heterocycles. The van der Waals surface area contributed by atoms with Gasteiger partial charge in [-0.05, 0) is 10.8 Å². The van der Waals surface area contributed by atoms with Crippen molar-refractivity contribution in [1.29, 1.82) is 0 Å². The van der Waals surface area contributed by atoms with Gasteiger partial charge < -0.3 is 0 Å². The molecule has 0 nitrogen and oxygen atoms in total. The zero-order chi connectivity index (χ0) is 11.1. The average Bonchev–Trinajstić information content (AvgIpc) is 1.81. The van der Waals surface area contributed by atoms with E-state index in [0.29, 0.717) is 0 Å². The van der Waals surface area contributed by atoms with Gasteiger partial charge in [-0.25, -0.2) is 0 Å². The smallest absolute Gasteiger partial charge is 0.119 e. The first-order valence-electron chi connectivity index (χ1n) is 4.42. The molecule has 0 heterocycles. The second kappa shape index (κ2) is 3.79. The lowest BCUT2D eigenvalue weighted by molar-refractivity contribution is 0.262. The Morgan fingerprint density at radius 2 is 1.15 bits per heavy atom. The summed E-state index contributed by atoms with van der Waals surface area (Å²) in [4.78, 5) is 0. The predicted molar refractivity (Wildman–Crippen MR) is 63.0 cm³/mol. The van der Waals surface area contributed by atoms with Crippen LogP contribution >= 0.6 is 34.8 Å². The fourth-order valence-electron chi connectivity index (χ4n) is 0.924. The number of halogens is 3. The molecule has 0 spiro atoms. The van der Waals surface area contributed by atoms with Crippen molar-refractivity contribution < 1.29 is 0 Å². The van der Waals surface area contributed by atoms with Crippen LogP contribution in [0.15, 0.2) is 0 Å². The SMILES string of the molecule is CC(C)(C)C(Cl)C(Cl)(Cl)C(C)(C)C. The lowest BCUT2D eigenvalue weighted by atomic mass is 9.80. The summed E-state index contributed by atoms with van der Waals surface area (Å²) in [5, 5.41) is -0.275. The molecule has 80 valence electrons. The Morgan fingerprint density at radius 3 is 1.23 bits per heavy atom. The van der Waals surface area contributed by atoms with Crippen LogP contribution in [0.3, 0.4) is 0 Å². The summed E-state index contributed by atoms with van der Waals surface area (Å²) in [5.74, 6) is 0. The molecule has 1 unspecified atom stereocenters. The van der Waals surface area contributed by atoms with E-state index in [-0.39, 0.29) is 16.2 Å². The summed E-state index contributed by atoms with van der Waals surface area (Å²) in [6.45, 7) is 12.1. The highest BCUT2D eigenvalue weighted by molar-refractivity contribution is 6.53. The number of rotatable bonds is 1. The van der Waals surface area contributed by atoms with Crippen LogP contribution in [-0.2, 0) is 0 Å². The van der Waals surface area contributed by atoms with Gasteiger partial charge in [-0.1, -0.05) is 64.7 Å². The Kier molecular flexibility index (Phi) is 4.04. The molecule has 0 amide bonds. The lowest BCUT2D eigenvalue weighted by Gasteiger charge is -2.42. The fraction of sp³-hybridized carbons (Fsp3) is 1.00. The second-order valence-corrected chi connectivity index (χ2v) is 7.42. The Labute approximate surface area is 96.9 Å². The highest BCUT2D eigenvalue weighted by Crippen LogP contribution is 2.50. The Hall–Kier alpha value is 0.870. The van der Waals surface area contributed by atoms with Crippen LogP contribution in [0.5, 0.6) is 0 Å². The van der Waals surface area contributed by atoms with E-state index in [4.69, 9.17) is 34.8 Å². The Balaban J connectivity index is 4.86. The maximum Gasteiger partial charge on any atom is 0.139 e. The highest BCUT2D eigenvalue weighted by Gasteiger charge is 2.48. The largest absolute Gasteiger partial charge is 0.139 e. The number of alkyl halides is 3. The quantitative estimate of drug-likeness (QED) is 0.579. The van der Waals surface area contributed by atoms with Gasteiger partial charge in [0.1, 0.15) is 4.33 Å². The van der Waals surface area contributed by atoms with Gasteiger partial charge in [0.05, 0.1) is 5.38 Å². The minimum absolute atomic E-state index is 0.0989. The normalized spacial score (nSPS) is 17.3. The summed E-state index contributed by atoms with van der Waals surface area (Å²) in [6.07, 6.45) is 0. The fourth-order valence-corrected chi connectivity index (χ4v) is 1.91. The molecule has 0 aromatic carbocycles. The third-order valence-corrected chi connectivity index (χ3v) is 4.85. The van der Waals surface area contributed by atoms with E-state index in [1.54, 1.807) is 0 Å². The van der Waals surface area contributed by atoms with Crippen molar-refractivity contribution in [1.82, 2.24) is 0 Å². The topological polar surface area (TPSA) is 0 Å². The standard InChI is InChI=1S/C10H19Cl3/c1-8(2,3)7(11)10(12,13)9(4,5)6/h7H,1-6H3. The third-order valence-electron chi connectivity index (χ3n) is 2.08. The molecule has 0 aliphatic carbocycles. The zero-order valence-electron chi connectivity index (χ0n) is 9.21. The summed E-state index contributed by atoms with van der Waals surface area (Å²) in [7, 11) is 0. The zero-order valence-corrected chi connectivity index (χ0v) is 11.5. The van der Waals surface area contributed by atoms with Crippen molar-refractivity contribution >= 4 is 34.8 Å². The first-order valence-corrected chi connectivity index (χ1v) is 5.62. The molecule has 0 saturated carbocycles. The highest BCUT2D eigenvalue weighted by atomic mass is 35.5. The Morgan fingerprint density at radius 1 is 0.846 bits per heavy atom. The summed E-state index contributed by atoms with van der Waals surface area (Å²) >= 11 is 18.8.